The molecule has 9 heteroatoms. The first kappa shape index (κ1) is 18.9. The Morgan fingerprint density at radius 1 is 1.23 bits per heavy atom. The lowest BCUT2D eigenvalue weighted by molar-refractivity contribution is 0.0784. The molecule has 0 bridgehead atoms. The van der Waals surface area contributed by atoms with Crippen LogP contribution in [0.3, 0.4) is 0 Å². The molecule has 0 spiro atoms. The van der Waals surface area contributed by atoms with Crippen LogP contribution in [0.5, 0.6) is 0 Å². The lowest BCUT2D eigenvalue weighted by atomic mass is 10.1. The third kappa shape index (κ3) is 3.85. The quantitative estimate of drug-likeness (QED) is 0.593. The van der Waals surface area contributed by atoms with E-state index in [1.165, 1.54) is 12.8 Å². The zero-order valence-electron chi connectivity index (χ0n) is 16.5. The average Bonchev–Trinajstić information content (AvgIpc) is 3.25. The molecule has 1 saturated carbocycles. The van der Waals surface area contributed by atoms with Gasteiger partial charge in [-0.15, -0.1) is 0 Å². The van der Waals surface area contributed by atoms with Crippen molar-refractivity contribution in [2.45, 2.75) is 31.6 Å². The van der Waals surface area contributed by atoms with E-state index in [0.717, 1.165) is 18.9 Å². The van der Waals surface area contributed by atoms with Gasteiger partial charge >= 0.3 is 0 Å². The Balaban J connectivity index is 1.23. The minimum Gasteiger partial charge on any atom is -0.381 e. The lowest BCUT2D eigenvalue weighted by Gasteiger charge is -2.16. The molecule has 3 aromatic rings. The molecule has 2 aromatic heterocycles. The summed E-state index contributed by atoms with van der Waals surface area (Å²) in [5.74, 6) is 1.72. The van der Waals surface area contributed by atoms with Crippen LogP contribution in [0.2, 0.25) is 0 Å². The van der Waals surface area contributed by atoms with E-state index in [9.17, 15) is 9.59 Å². The first-order chi connectivity index (χ1) is 14.7. The molecule has 30 heavy (non-hydrogen) atoms. The molecular weight excluding hydrogens is 386 g/mol. The largest absolute Gasteiger partial charge is 0.381 e. The summed E-state index contributed by atoms with van der Waals surface area (Å²) in [6, 6.07) is 6.99. The number of hydrogen-bond acceptors (Lipinski definition) is 7. The fourth-order valence-electron chi connectivity index (χ4n) is 3.81. The number of fused-ring (bicyclic) bond motifs is 1. The number of carbonyl (C=O) groups is 1. The highest BCUT2D eigenvalue weighted by atomic mass is 16.5. The van der Waals surface area contributed by atoms with Gasteiger partial charge in [0, 0.05) is 31.5 Å². The summed E-state index contributed by atoms with van der Waals surface area (Å²) in [5, 5.41) is 11.5. The Kier molecular flexibility index (Phi) is 5.04. The van der Waals surface area contributed by atoms with Gasteiger partial charge in [-0.1, -0.05) is 23.4 Å². The minimum atomic E-state index is -0.305. The van der Waals surface area contributed by atoms with Crippen molar-refractivity contribution in [2.75, 3.05) is 26.3 Å². The van der Waals surface area contributed by atoms with Gasteiger partial charge < -0.3 is 14.2 Å². The maximum Gasteiger partial charge on any atom is 0.274 e. The maximum atomic E-state index is 13.0. The van der Waals surface area contributed by atoms with Crippen molar-refractivity contribution in [1.82, 2.24) is 25.2 Å². The summed E-state index contributed by atoms with van der Waals surface area (Å²) in [6.45, 7) is 2.46. The van der Waals surface area contributed by atoms with E-state index in [-0.39, 0.29) is 23.1 Å². The zero-order chi connectivity index (χ0) is 20.5. The summed E-state index contributed by atoms with van der Waals surface area (Å²) in [4.78, 5) is 31.2. The predicted octanol–water partition coefficient (Wildman–Crippen LogP) is 1.90. The molecule has 1 aliphatic carbocycles. The summed E-state index contributed by atoms with van der Waals surface area (Å²) < 4.78 is 11.1. The molecular formula is C21H23N5O4. The molecule has 156 valence electrons. The molecule has 1 N–H and O–H groups in total. The van der Waals surface area contributed by atoms with Crippen molar-refractivity contribution in [3.05, 3.63) is 52.0 Å². The fraction of sp³-hybridized carbons (Fsp3) is 0.476. The molecule has 1 aromatic carbocycles. The number of carbonyl (C=O) groups excluding carboxylic acids is 1. The molecule has 1 amide bonds. The van der Waals surface area contributed by atoms with E-state index in [1.807, 2.05) is 0 Å². The van der Waals surface area contributed by atoms with Crippen LogP contribution in [0.4, 0.5) is 0 Å². The van der Waals surface area contributed by atoms with Crippen molar-refractivity contribution in [3.63, 3.8) is 0 Å². The summed E-state index contributed by atoms with van der Waals surface area (Å²) in [7, 11) is 0. The number of likely N-dealkylation sites (tertiary alicyclic amines) is 1. The summed E-state index contributed by atoms with van der Waals surface area (Å²) in [6.07, 6.45) is 3.91. The van der Waals surface area contributed by atoms with Gasteiger partial charge in [0.1, 0.15) is 0 Å². The van der Waals surface area contributed by atoms with Crippen LogP contribution in [0.1, 0.15) is 47.4 Å². The van der Waals surface area contributed by atoms with Crippen LogP contribution in [0.25, 0.3) is 10.8 Å². The van der Waals surface area contributed by atoms with Crippen LogP contribution in [-0.4, -0.2) is 57.4 Å². The second-order valence-corrected chi connectivity index (χ2v) is 8.00. The van der Waals surface area contributed by atoms with Crippen molar-refractivity contribution >= 4 is 16.7 Å². The van der Waals surface area contributed by atoms with E-state index in [1.54, 1.807) is 29.2 Å². The van der Waals surface area contributed by atoms with Crippen molar-refractivity contribution in [1.29, 1.82) is 0 Å². The average molecular weight is 409 g/mol. The van der Waals surface area contributed by atoms with Crippen molar-refractivity contribution in [3.8, 4) is 0 Å². The maximum absolute atomic E-state index is 13.0. The Morgan fingerprint density at radius 3 is 2.90 bits per heavy atom. The second kappa shape index (κ2) is 7.98. The standard InChI is InChI=1S/C21H23N5O4/c27-19-16-4-2-1-3-15(16)18(23-24-19)21(28)26-9-7-14(11-26)20-22-17(25-30-20)8-10-29-12-13-5-6-13/h1-4,13-14H,5-12H2,(H,24,27). The zero-order valence-corrected chi connectivity index (χ0v) is 16.5. The molecule has 5 rings (SSSR count). The predicted molar refractivity (Wildman–Crippen MR) is 107 cm³/mol. The van der Waals surface area contributed by atoms with Gasteiger partial charge in [0.15, 0.2) is 11.5 Å². The molecule has 1 unspecified atom stereocenters. The van der Waals surface area contributed by atoms with E-state index in [4.69, 9.17) is 9.26 Å². The first-order valence-electron chi connectivity index (χ1n) is 10.4. The molecule has 1 atom stereocenters. The highest BCUT2D eigenvalue weighted by Crippen LogP contribution is 2.29. The van der Waals surface area contributed by atoms with Gasteiger partial charge in [0.05, 0.1) is 17.9 Å². The normalized spacial score (nSPS) is 18.9. The number of nitrogens with zero attached hydrogens (tertiary/aromatic N) is 4. The first-order valence-corrected chi connectivity index (χ1v) is 10.4. The third-order valence-corrected chi connectivity index (χ3v) is 5.73. The van der Waals surface area contributed by atoms with Crippen LogP contribution < -0.4 is 5.56 Å². The highest BCUT2D eigenvalue weighted by Gasteiger charge is 2.33. The van der Waals surface area contributed by atoms with Gasteiger partial charge in [-0.05, 0) is 31.2 Å². The second-order valence-electron chi connectivity index (χ2n) is 8.00. The molecule has 3 heterocycles. The van der Waals surface area contributed by atoms with Crippen LogP contribution >= 0.6 is 0 Å². The molecule has 2 fully saturated rings. The van der Waals surface area contributed by atoms with Crippen molar-refractivity contribution in [2.24, 2.45) is 5.92 Å². The van der Waals surface area contributed by atoms with Gasteiger partial charge in [-0.3, -0.25) is 9.59 Å². The number of amides is 1. The van der Waals surface area contributed by atoms with E-state index < -0.39 is 0 Å². The SMILES string of the molecule is O=C(c1n[nH]c(=O)c2ccccc12)N1CCC(c2nc(CCOCC3CC3)no2)C1. The molecule has 2 aliphatic rings. The Hall–Kier alpha value is -3.07. The van der Waals surface area contributed by atoms with Gasteiger partial charge in [-0.25, -0.2) is 5.10 Å². The number of rotatable bonds is 7. The topological polar surface area (TPSA) is 114 Å². The van der Waals surface area contributed by atoms with E-state index in [0.29, 0.717) is 48.6 Å². The number of ether oxygens (including phenoxy) is 1. The number of aromatic amines is 1. The Labute approximate surface area is 172 Å². The molecule has 1 aliphatic heterocycles. The Bertz CT molecular complexity index is 1120. The summed E-state index contributed by atoms with van der Waals surface area (Å²) in [5.41, 5.74) is -0.0502. The minimum absolute atomic E-state index is 0.00314. The smallest absolute Gasteiger partial charge is 0.274 e. The molecule has 9 nitrogen and oxygen atoms in total. The van der Waals surface area contributed by atoms with Crippen LogP contribution in [-0.2, 0) is 11.2 Å². The third-order valence-electron chi connectivity index (χ3n) is 5.73. The van der Waals surface area contributed by atoms with Crippen LogP contribution in [0, 0.1) is 5.92 Å². The molecule has 0 radical (unpaired) electrons. The van der Waals surface area contributed by atoms with Crippen LogP contribution in [0.15, 0.2) is 33.6 Å². The van der Waals surface area contributed by atoms with Gasteiger partial charge in [-0.2, -0.15) is 10.1 Å². The number of benzene rings is 1. The van der Waals surface area contributed by atoms with Gasteiger partial charge in [0.25, 0.3) is 11.5 Å². The summed E-state index contributed by atoms with van der Waals surface area (Å²) >= 11 is 0. The van der Waals surface area contributed by atoms with E-state index >= 15 is 0 Å². The lowest BCUT2D eigenvalue weighted by Crippen LogP contribution is -2.30. The van der Waals surface area contributed by atoms with Gasteiger partial charge in [0.2, 0.25) is 5.89 Å². The van der Waals surface area contributed by atoms with Crippen molar-refractivity contribution < 1.29 is 14.1 Å². The monoisotopic (exact) mass is 409 g/mol. The Morgan fingerprint density at radius 2 is 2.07 bits per heavy atom. The highest BCUT2D eigenvalue weighted by molar-refractivity contribution is 6.04. The number of H-pyrrole nitrogens is 1. The number of nitrogens with one attached hydrogen (secondary N) is 1. The van der Waals surface area contributed by atoms with E-state index in [2.05, 4.69) is 20.3 Å². The number of aromatic nitrogens is 4. The molecule has 1 saturated heterocycles. The fourth-order valence-corrected chi connectivity index (χ4v) is 3.81. The number of hydrogen-bond donors (Lipinski definition) is 1.